The van der Waals surface area contributed by atoms with E-state index in [1.54, 1.807) is 7.05 Å². The Labute approximate surface area is 157 Å². The lowest BCUT2D eigenvalue weighted by molar-refractivity contribution is 0.553. The lowest BCUT2D eigenvalue weighted by Gasteiger charge is -2.12. The Morgan fingerprint density at radius 3 is 2.50 bits per heavy atom. The normalized spacial score (nSPS) is 19.5. The average molecular weight is 446 g/mol. The number of aliphatic imine (C=N–C) groups is 1. The summed E-state index contributed by atoms with van der Waals surface area (Å²) in [5.41, 5.74) is 0.174. The zero-order valence-corrected chi connectivity index (χ0v) is 15.7. The van der Waals surface area contributed by atoms with Gasteiger partial charge in [-0.15, -0.1) is 24.0 Å². The summed E-state index contributed by atoms with van der Waals surface area (Å²) >= 11 is 0. The molecule has 0 radical (unpaired) electrons. The molecule has 0 saturated heterocycles. The average Bonchev–Trinajstić information content (AvgIpc) is 3.07. The van der Waals surface area contributed by atoms with E-state index in [2.05, 4.69) is 20.2 Å². The summed E-state index contributed by atoms with van der Waals surface area (Å²) < 4.78 is 29.6. The molecule has 1 aliphatic rings. The third-order valence-corrected chi connectivity index (χ3v) is 4.04. The molecule has 0 bridgehead atoms. The highest BCUT2D eigenvalue weighted by Gasteiger charge is 2.42. The van der Waals surface area contributed by atoms with E-state index in [1.165, 1.54) is 18.2 Å². The van der Waals surface area contributed by atoms with Gasteiger partial charge in [-0.05, 0) is 30.7 Å². The molecule has 24 heavy (non-hydrogen) atoms. The maximum absolute atomic E-state index is 13.8. The molecule has 1 fully saturated rings. The van der Waals surface area contributed by atoms with Gasteiger partial charge in [0, 0.05) is 50.1 Å². The highest BCUT2D eigenvalue weighted by molar-refractivity contribution is 14.0. The minimum absolute atomic E-state index is 0. The fraction of sp³-hybridized carbons (Fsp3) is 0.353. The second-order valence-corrected chi connectivity index (χ2v) is 5.65. The van der Waals surface area contributed by atoms with Gasteiger partial charge in [0.25, 0.3) is 0 Å². The van der Waals surface area contributed by atoms with Crippen LogP contribution < -0.4 is 10.6 Å². The lowest BCUT2D eigenvalue weighted by Crippen LogP contribution is -2.40. The standard InChI is InChI=1S/C17H20F2N4.HI/c1-20-17(21-7-10-23-8-2-3-9-23)22-15-11-12(15)16-13(18)5-4-6-14(16)19;/h2-6,8-9,12,15H,7,10-11H2,1H3,(H2,20,21,22);1H. The maximum Gasteiger partial charge on any atom is 0.191 e. The van der Waals surface area contributed by atoms with E-state index in [-0.39, 0.29) is 41.5 Å². The van der Waals surface area contributed by atoms with Crippen molar-refractivity contribution in [2.45, 2.75) is 24.9 Å². The molecule has 2 atom stereocenters. The van der Waals surface area contributed by atoms with E-state index < -0.39 is 11.6 Å². The highest BCUT2D eigenvalue weighted by Crippen LogP contribution is 2.42. The third kappa shape index (κ3) is 4.46. The van der Waals surface area contributed by atoms with Crippen LogP contribution in [0.25, 0.3) is 0 Å². The number of nitrogens with one attached hydrogen (secondary N) is 2. The number of guanidine groups is 1. The van der Waals surface area contributed by atoms with E-state index in [1.807, 2.05) is 24.5 Å². The quantitative estimate of drug-likeness (QED) is 0.421. The van der Waals surface area contributed by atoms with Crippen molar-refractivity contribution in [1.29, 1.82) is 0 Å². The first kappa shape index (κ1) is 18.7. The third-order valence-electron chi connectivity index (χ3n) is 4.04. The summed E-state index contributed by atoms with van der Waals surface area (Å²) in [6, 6.07) is 7.96. The van der Waals surface area contributed by atoms with Crippen LogP contribution in [0.1, 0.15) is 17.9 Å². The predicted molar refractivity (Wildman–Crippen MR) is 102 cm³/mol. The molecule has 1 aromatic heterocycles. The predicted octanol–water partition coefficient (Wildman–Crippen LogP) is 3.11. The van der Waals surface area contributed by atoms with E-state index in [9.17, 15) is 8.78 Å². The molecule has 2 unspecified atom stereocenters. The molecule has 1 saturated carbocycles. The molecule has 3 rings (SSSR count). The van der Waals surface area contributed by atoms with Crippen LogP contribution >= 0.6 is 24.0 Å². The molecule has 0 aliphatic heterocycles. The summed E-state index contributed by atoms with van der Waals surface area (Å²) in [5.74, 6) is -0.440. The molecule has 2 aromatic rings. The first-order valence-electron chi connectivity index (χ1n) is 7.71. The number of hydrogen-bond donors (Lipinski definition) is 2. The topological polar surface area (TPSA) is 41.4 Å². The number of benzene rings is 1. The zero-order valence-electron chi connectivity index (χ0n) is 13.4. The van der Waals surface area contributed by atoms with Gasteiger partial charge in [0.15, 0.2) is 5.96 Å². The van der Waals surface area contributed by atoms with E-state index in [0.717, 1.165) is 13.1 Å². The Balaban J connectivity index is 0.00000208. The number of halogens is 3. The summed E-state index contributed by atoms with van der Waals surface area (Å²) in [4.78, 5) is 4.16. The lowest BCUT2D eigenvalue weighted by atomic mass is 10.1. The number of aromatic nitrogens is 1. The molecule has 130 valence electrons. The van der Waals surface area contributed by atoms with Gasteiger partial charge in [0.05, 0.1) is 0 Å². The Morgan fingerprint density at radius 2 is 1.88 bits per heavy atom. The highest BCUT2D eigenvalue weighted by atomic mass is 127. The van der Waals surface area contributed by atoms with Crippen molar-refractivity contribution < 1.29 is 8.78 Å². The maximum atomic E-state index is 13.8. The zero-order chi connectivity index (χ0) is 16.2. The molecule has 1 heterocycles. The van der Waals surface area contributed by atoms with Crippen LogP contribution in [0.15, 0.2) is 47.7 Å². The van der Waals surface area contributed by atoms with Gasteiger partial charge < -0.3 is 15.2 Å². The monoisotopic (exact) mass is 446 g/mol. The van der Waals surface area contributed by atoms with Gasteiger partial charge in [-0.3, -0.25) is 4.99 Å². The Hall–Kier alpha value is -1.64. The minimum atomic E-state index is -0.477. The summed E-state index contributed by atoms with van der Waals surface area (Å²) in [7, 11) is 1.69. The molecule has 4 nitrogen and oxygen atoms in total. The Bertz CT molecular complexity index is 668. The van der Waals surface area contributed by atoms with Crippen LogP contribution in [0.3, 0.4) is 0 Å². The van der Waals surface area contributed by atoms with Gasteiger partial charge in [-0.2, -0.15) is 0 Å². The number of hydrogen-bond acceptors (Lipinski definition) is 1. The van der Waals surface area contributed by atoms with Crippen molar-refractivity contribution in [3.8, 4) is 0 Å². The van der Waals surface area contributed by atoms with Gasteiger partial charge in [0.1, 0.15) is 11.6 Å². The van der Waals surface area contributed by atoms with Crippen LogP contribution in [0.2, 0.25) is 0 Å². The SMILES string of the molecule is CN=C(NCCn1cccc1)NC1CC1c1c(F)cccc1F.I. The Morgan fingerprint density at radius 1 is 1.21 bits per heavy atom. The van der Waals surface area contributed by atoms with Crippen molar-refractivity contribution in [2.24, 2.45) is 4.99 Å². The Kier molecular flexibility index (Phi) is 6.59. The van der Waals surface area contributed by atoms with E-state index in [0.29, 0.717) is 12.4 Å². The van der Waals surface area contributed by atoms with E-state index >= 15 is 0 Å². The van der Waals surface area contributed by atoms with Crippen molar-refractivity contribution in [1.82, 2.24) is 15.2 Å². The number of nitrogens with zero attached hydrogens (tertiary/aromatic N) is 2. The molecular weight excluding hydrogens is 425 g/mol. The van der Waals surface area contributed by atoms with Crippen molar-refractivity contribution in [3.05, 3.63) is 59.9 Å². The minimum Gasteiger partial charge on any atom is -0.355 e. The van der Waals surface area contributed by atoms with Gasteiger partial charge in [-0.1, -0.05) is 6.07 Å². The summed E-state index contributed by atoms with van der Waals surface area (Å²) in [6.07, 6.45) is 4.70. The molecule has 1 aliphatic carbocycles. The van der Waals surface area contributed by atoms with Crippen LogP contribution in [0.5, 0.6) is 0 Å². The first-order chi connectivity index (χ1) is 11.2. The fourth-order valence-corrected chi connectivity index (χ4v) is 2.73. The van der Waals surface area contributed by atoms with Crippen molar-refractivity contribution in [3.63, 3.8) is 0 Å². The molecule has 0 amide bonds. The molecule has 1 aromatic carbocycles. The summed E-state index contributed by atoms with van der Waals surface area (Å²) in [6.45, 7) is 1.55. The van der Waals surface area contributed by atoms with Gasteiger partial charge >= 0.3 is 0 Å². The van der Waals surface area contributed by atoms with Gasteiger partial charge in [0.2, 0.25) is 0 Å². The summed E-state index contributed by atoms with van der Waals surface area (Å²) in [5, 5.41) is 6.43. The van der Waals surface area contributed by atoms with Crippen LogP contribution in [0.4, 0.5) is 8.78 Å². The second-order valence-electron chi connectivity index (χ2n) is 5.65. The fourth-order valence-electron chi connectivity index (χ4n) is 2.73. The van der Waals surface area contributed by atoms with Gasteiger partial charge in [-0.25, -0.2) is 8.78 Å². The first-order valence-corrected chi connectivity index (χ1v) is 7.71. The van der Waals surface area contributed by atoms with Crippen LogP contribution in [-0.4, -0.2) is 30.2 Å². The van der Waals surface area contributed by atoms with Crippen molar-refractivity contribution >= 4 is 29.9 Å². The van der Waals surface area contributed by atoms with Crippen LogP contribution in [0, 0.1) is 11.6 Å². The smallest absolute Gasteiger partial charge is 0.191 e. The van der Waals surface area contributed by atoms with E-state index in [4.69, 9.17) is 0 Å². The van der Waals surface area contributed by atoms with Crippen molar-refractivity contribution in [2.75, 3.05) is 13.6 Å². The molecule has 7 heteroatoms. The molecule has 0 spiro atoms. The van der Waals surface area contributed by atoms with Crippen LogP contribution in [-0.2, 0) is 6.54 Å². The molecule has 2 N–H and O–H groups in total. The largest absolute Gasteiger partial charge is 0.355 e. The number of rotatable bonds is 5. The second kappa shape index (κ2) is 8.46. The molecular formula is C17H21F2IN4.